The zero-order chi connectivity index (χ0) is 12.8. The molecule has 0 unspecified atom stereocenters. The summed E-state index contributed by atoms with van der Waals surface area (Å²) in [5.41, 5.74) is 2.24. The molecule has 0 aliphatic heterocycles. The van der Waals surface area contributed by atoms with Crippen LogP contribution in [0, 0.1) is 0 Å². The predicted molar refractivity (Wildman–Crippen MR) is 82.0 cm³/mol. The van der Waals surface area contributed by atoms with Crippen LogP contribution >= 0.6 is 43.5 Å². The van der Waals surface area contributed by atoms with E-state index in [-0.39, 0.29) is 0 Å². The number of hydrogen-bond acceptors (Lipinski definition) is 1. The molecule has 94 valence electrons. The highest BCUT2D eigenvalue weighted by Crippen LogP contribution is 2.34. The average molecular weight is 383 g/mol. The fraction of sp³-hybridized carbons (Fsp3) is 0.385. The Bertz CT molecular complexity index is 410. The van der Waals surface area contributed by atoms with Crippen molar-refractivity contribution in [3.63, 3.8) is 0 Å². The van der Waals surface area contributed by atoms with Gasteiger partial charge < -0.3 is 4.74 Å². The molecule has 0 heterocycles. The molecule has 0 radical (unpaired) electrons. The second kappa shape index (κ2) is 7.45. The number of alkyl halides is 1. The Morgan fingerprint density at radius 3 is 2.59 bits per heavy atom. The van der Waals surface area contributed by atoms with E-state index in [4.69, 9.17) is 16.3 Å². The zero-order valence-corrected chi connectivity index (χ0v) is 13.8. The SMILES string of the molecule is CCOc1c(Br)cc(Br)cc1C=C(CC)CCl. The van der Waals surface area contributed by atoms with Gasteiger partial charge >= 0.3 is 0 Å². The minimum absolute atomic E-state index is 0.548. The van der Waals surface area contributed by atoms with Crippen LogP contribution in [0.25, 0.3) is 6.08 Å². The van der Waals surface area contributed by atoms with E-state index in [9.17, 15) is 0 Å². The molecule has 4 heteroatoms. The van der Waals surface area contributed by atoms with Crippen molar-refractivity contribution in [3.8, 4) is 5.75 Å². The Kier molecular flexibility index (Phi) is 6.60. The van der Waals surface area contributed by atoms with Crippen LogP contribution in [0.3, 0.4) is 0 Å². The Labute approximate surface area is 124 Å². The fourth-order valence-electron chi connectivity index (χ4n) is 1.44. The van der Waals surface area contributed by atoms with E-state index in [1.807, 2.05) is 19.1 Å². The molecule has 0 amide bonds. The highest BCUT2D eigenvalue weighted by atomic mass is 79.9. The van der Waals surface area contributed by atoms with E-state index in [2.05, 4.69) is 44.9 Å². The maximum Gasteiger partial charge on any atom is 0.140 e. The molecular formula is C13H15Br2ClO. The number of allylic oxidation sites excluding steroid dienone is 1. The first-order valence-electron chi connectivity index (χ1n) is 5.49. The second-order valence-electron chi connectivity index (χ2n) is 3.53. The Balaban J connectivity index is 3.24. The largest absolute Gasteiger partial charge is 0.492 e. The van der Waals surface area contributed by atoms with Gasteiger partial charge in [0.05, 0.1) is 11.1 Å². The minimum atomic E-state index is 0.548. The lowest BCUT2D eigenvalue weighted by Crippen LogP contribution is -1.96. The molecule has 1 rings (SSSR count). The fourth-order valence-corrected chi connectivity index (χ4v) is 3.08. The number of rotatable bonds is 5. The summed E-state index contributed by atoms with van der Waals surface area (Å²) in [5, 5.41) is 0. The smallest absolute Gasteiger partial charge is 0.140 e. The van der Waals surface area contributed by atoms with Gasteiger partial charge in [0.2, 0.25) is 0 Å². The lowest BCUT2D eigenvalue weighted by Gasteiger charge is -2.11. The minimum Gasteiger partial charge on any atom is -0.492 e. The van der Waals surface area contributed by atoms with Crippen LogP contribution in [-0.2, 0) is 0 Å². The van der Waals surface area contributed by atoms with Gasteiger partial charge in [-0.3, -0.25) is 0 Å². The molecule has 1 aromatic rings. The molecule has 0 bridgehead atoms. The normalized spacial score (nSPS) is 11.7. The summed E-state index contributed by atoms with van der Waals surface area (Å²) >= 11 is 12.9. The van der Waals surface area contributed by atoms with Gasteiger partial charge in [-0.05, 0) is 41.4 Å². The summed E-state index contributed by atoms with van der Waals surface area (Å²) in [6, 6.07) is 4.02. The summed E-state index contributed by atoms with van der Waals surface area (Å²) in [6.07, 6.45) is 3.03. The van der Waals surface area contributed by atoms with Crippen LogP contribution in [0.15, 0.2) is 26.7 Å². The van der Waals surface area contributed by atoms with Gasteiger partial charge in [-0.25, -0.2) is 0 Å². The lowest BCUT2D eigenvalue weighted by molar-refractivity contribution is 0.337. The quantitative estimate of drug-likeness (QED) is 0.599. The predicted octanol–water partition coefficient (Wildman–Crippen LogP) is 5.64. The molecule has 1 aromatic carbocycles. The van der Waals surface area contributed by atoms with Crippen LogP contribution in [-0.4, -0.2) is 12.5 Å². The van der Waals surface area contributed by atoms with Crippen molar-refractivity contribution < 1.29 is 4.74 Å². The Morgan fingerprint density at radius 1 is 1.35 bits per heavy atom. The van der Waals surface area contributed by atoms with Crippen molar-refractivity contribution in [1.29, 1.82) is 0 Å². The van der Waals surface area contributed by atoms with Crippen molar-refractivity contribution in [1.82, 2.24) is 0 Å². The maximum absolute atomic E-state index is 5.89. The first-order valence-corrected chi connectivity index (χ1v) is 7.61. The third-order valence-electron chi connectivity index (χ3n) is 2.31. The maximum atomic E-state index is 5.89. The van der Waals surface area contributed by atoms with Gasteiger partial charge in [0.25, 0.3) is 0 Å². The molecule has 0 aliphatic carbocycles. The second-order valence-corrected chi connectivity index (χ2v) is 5.57. The molecule has 0 aromatic heterocycles. The number of hydrogen-bond donors (Lipinski definition) is 0. The van der Waals surface area contributed by atoms with Gasteiger partial charge in [0.1, 0.15) is 5.75 Å². The van der Waals surface area contributed by atoms with Crippen molar-refractivity contribution in [3.05, 3.63) is 32.2 Å². The van der Waals surface area contributed by atoms with Gasteiger partial charge in [0, 0.05) is 15.9 Å². The van der Waals surface area contributed by atoms with Crippen LogP contribution in [0.4, 0.5) is 0 Å². The van der Waals surface area contributed by atoms with Gasteiger partial charge in [0.15, 0.2) is 0 Å². The van der Waals surface area contributed by atoms with Gasteiger partial charge in [-0.1, -0.05) is 34.5 Å². The molecule has 0 saturated heterocycles. The summed E-state index contributed by atoms with van der Waals surface area (Å²) in [7, 11) is 0. The number of halogens is 3. The molecule has 0 saturated carbocycles. The lowest BCUT2D eigenvalue weighted by atomic mass is 10.1. The monoisotopic (exact) mass is 380 g/mol. The van der Waals surface area contributed by atoms with E-state index in [0.29, 0.717) is 12.5 Å². The van der Waals surface area contributed by atoms with Gasteiger partial charge in [-0.15, -0.1) is 11.6 Å². The molecule has 0 fully saturated rings. The number of ether oxygens (including phenoxy) is 1. The summed E-state index contributed by atoms with van der Waals surface area (Å²) < 4.78 is 7.62. The van der Waals surface area contributed by atoms with Crippen LogP contribution in [0.2, 0.25) is 0 Å². The van der Waals surface area contributed by atoms with E-state index >= 15 is 0 Å². The zero-order valence-electron chi connectivity index (χ0n) is 9.90. The van der Waals surface area contributed by atoms with E-state index in [0.717, 1.165) is 26.7 Å². The highest BCUT2D eigenvalue weighted by molar-refractivity contribution is 9.11. The average Bonchev–Trinajstić information content (AvgIpc) is 2.30. The standard InChI is InChI=1S/C13H15Br2ClO/c1-3-9(8-16)5-10-6-11(14)7-12(15)13(10)17-4-2/h5-7H,3-4,8H2,1-2H3. The highest BCUT2D eigenvalue weighted by Gasteiger charge is 2.08. The third-order valence-corrected chi connectivity index (χ3v) is 3.70. The molecular weight excluding hydrogens is 367 g/mol. The topological polar surface area (TPSA) is 9.23 Å². The molecule has 0 N–H and O–H groups in total. The Hall–Kier alpha value is 0.01000. The molecule has 0 spiro atoms. The van der Waals surface area contributed by atoms with Crippen molar-refractivity contribution in [2.45, 2.75) is 20.3 Å². The first-order chi connectivity index (χ1) is 8.12. The van der Waals surface area contributed by atoms with Crippen molar-refractivity contribution >= 4 is 49.5 Å². The van der Waals surface area contributed by atoms with Crippen LogP contribution in [0.5, 0.6) is 5.75 Å². The molecule has 0 atom stereocenters. The number of benzene rings is 1. The third kappa shape index (κ3) is 4.31. The van der Waals surface area contributed by atoms with E-state index in [1.54, 1.807) is 0 Å². The summed E-state index contributed by atoms with van der Waals surface area (Å²) in [5.74, 6) is 1.42. The van der Waals surface area contributed by atoms with Gasteiger partial charge in [-0.2, -0.15) is 0 Å². The summed E-state index contributed by atoms with van der Waals surface area (Å²) in [4.78, 5) is 0. The van der Waals surface area contributed by atoms with Crippen molar-refractivity contribution in [2.24, 2.45) is 0 Å². The first kappa shape index (κ1) is 15.1. The van der Waals surface area contributed by atoms with Crippen LogP contribution < -0.4 is 4.74 Å². The van der Waals surface area contributed by atoms with E-state index < -0.39 is 0 Å². The molecule has 0 aliphatic rings. The van der Waals surface area contributed by atoms with E-state index in [1.165, 1.54) is 5.57 Å². The summed E-state index contributed by atoms with van der Waals surface area (Å²) in [6.45, 7) is 4.72. The Morgan fingerprint density at radius 2 is 2.06 bits per heavy atom. The molecule has 17 heavy (non-hydrogen) atoms. The van der Waals surface area contributed by atoms with Crippen LogP contribution in [0.1, 0.15) is 25.8 Å². The van der Waals surface area contributed by atoms with Crippen molar-refractivity contribution in [2.75, 3.05) is 12.5 Å². The molecule has 1 nitrogen and oxygen atoms in total.